The fourth-order valence-corrected chi connectivity index (χ4v) is 3.79. The van der Waals surface area contributed by atoms with Crippen molar-refractivity contribution >= 4 is 45.0 Å². The molecule has 1 aromatic heterocycles. The zero-order valence-corrected chi connectivity index (χ0v) is 12.9. The van der Waals surface area contributed by atoms with Crippen LogP contribution < -0.4 is 5.73 Å². The molecule has 0 aliphatic heterocycles. The molecule has 1 aromatic rings. The number of hydrogen-bond donors (Lipinski definition) is 1. The van der Waals surface area contributed by atoms with Crippen LogP contribution in [0.1, 0.15) is 18.2 Å². The van der Waals surface area contributed by atoms with Crippen molar-refractivity contribution in [3.8, 4) is 0 Å². The van der Waals surface area contributed by atoms with Crippen LogP contribution in [0.3, 0.4) is 0 Å². The fourth-order valence-electron chi connectivity index (χ4n) is 1.18. The number of nitrogens with two attached hydrogens (primary N) is 1. The predicted octanol–water partition coefficient (Wildman–Crippen LogP) is 3.02. The third-order valence-electron chi connectivity index (χ3n) is 2.03. The highest BCUT2D eigenvalue weighted by Crippen LogP contribution is 2.24. The van der Waals surface area contributed by atoms with Gasteiger partial charge in [0.05, 0.1) is 6.61 Å². The number of rotatable bonds is 7. The molecule has 0 radical (unpaired) electrons. The van der Waals surface area contributed by atoms with Crippen molar-refractivity contribution in [3.05, 3.63) is 20.8 Å². The van der Waals surface area contributed by atoms with Gasteiger partial charge in [-0.2, -0.15) is 11.8 Å². The van der Waals surface area contributed by atoms with Crippen molar-refractivity contribution in [2.75, 3.05) is 12.4 Å². The summed E-state index contributed by atoms with van der Waals surface area (Å²) in [7, 11) is 0. The van der Waals surface area contributed by atoms with Gasteiger partial charge in [0.2, 0.25) is 0 Å². The first-order chi connectivity index (χ1) is 8.13. The molecule has 0 spiro atoms. The van der Waals surface area contributed by atoms with E-state index in [2.05, 4.69) is 27.4 Å². The third-order valence-corrected chi connectivity index (χ3v) is 4.95. The summed E-state index contributed by atoms with van der Waals surface area (Å²) in [6.45, 7) is 2.18. The van der Waals surface area contributed by atoms with Gasteiger partial charge in [0.25, 0.3) is 0 Å². The van der Waals surface area contributed by atoms with Crippen LogP contribution in [-0.2, 0) is 15.3 Å². The summed E-state index contributed by atoms with van der Waals surface area (Å²) in [5.74, 6) is 1.54. The summed E-state index contributed by atoms with van der Waals surface area (Å²) >= 11 is 6.94. The number of thiophene rings is 1. The van der Waals surface area contributed by atoms with E-state index in [-0.39, 0.29) is 5.97 Å². The third kappa shape index (κ3) is 5.90. The minimum absolute atomic E-state index is 0.299. The van der Waals surface area contributed by atoms with Crippen molar-refractivity contribution in [1.29, 1.82) is 0 Å². The molecule has 3 nitrogen and oxygen atoms in total. The number of halogens is 1. The summed E-state index contributed by atoms with van der Waals surface area (Å²) < 4.78 is 5.97. The molecule has 0 fully saturated rings. The maximum Gasteiger partial charge on any atom is 0.322 e. The van der Waals surface area contributed by atoms with E-state index in [9.17, 15) is 4.79 Å². The van der Waals surface area contributed by atoms with E-state index in [1.54, 1.807) is 30.0 Å². The molecule has 17 heavy (non-hydrogen) atoms. The molecule has 0 aromatic carbocycles. The van der Waals surface area contributed by atoms with Crippen molar-refractivity contribution in [2.24, 2.45) is 5.73 Å². The fraction of sp³-hybridized carbons (Fsp3) is 0.545. The Bertz CT molecular complexity index is 357. The molecular formula is C11H16BrNO2S2. The second-order valence-electron chi connectivity index (χ2n) is 3.43. The topological polar surface area (TPSA) is 52.3 Å². The second kappa shape index (κ2) is 8.13. The summed E-state index contributed by atoms with van der Waals surface area (Å²) in [5, 5.41) is 2.07. The van der Waals surface area contributed by atoms with Crippen LogP contribution >= 0.6 is 39.0 Å². The first-order valence-corrected chi connectivity index (χ1v) is 8.19. The van der Waals surface area contributed by atoms with E-state index < -0.39 is 6.04 Å². The molecule has 0 saturated heterocycles. The van der Waals surface area contributed by atoms with Crippen molar-refractivity contribution < 1.29 is 9.53 Å². The standard InChI is InChI=1S/C11H16BrNO2S2/c1-2-15-11(14)10(13)3-4-16-7-9-5-8(12)6-17-9/h5-6,10H,2-4,7,13H2,1H3. The Morgan fingerprint density at radius 2 is 2.47 bits per heavy atom. The lowest BCUT2D eigenvalue weighted by Gasteiger charge is -2.09. The molecule has 0 saturated carbocycles. The van der Waals surface area contributed by atoms with E-state index in [4.69, 9.17) is 10.5 Å². The second-order valence-corrected chi connectivity index (χ2v) is 6.45. The molecule has 6 heteroatoms. The first-order valence-electron chi connectivity index (χ1n) is 5.36. The number of ether oxygens (including phenoxy) is 1. The van der Waals surface area contributed by atoms with Crippen LogP contribution in [-0.4, -0.2) is 24.4 Å². The highest BCUT2D eigenvalue weighted by Gasteiger charge is 2.13. The Kier molecular flexibility index (Phi) is 7.18. The highest BCUT2D eigenvalue weighted by molar-refractivity contribution is 9.10. The smallest absolute Gasteiger partial charge is 0.322 e. The SMILES string of the molecule is CCOC(=O)C(N)CCSCc1cc(Br)cs1. The van der Waals surface area contributed by atoms with Gasteiger partial charge in [0.15, 0.2) is 0 Å². The molecule has 0 bridgehead atoms. The van der Waals surface area contributed by atoms with E-state index in [0.717, 1.165) is 16.0 Å². The van der Waals surface area contributed by atoms with E-state index in [1.165, 1.54) is 4.88 Å². The van der Waals surface area contributed by atoms with Crippen molar-refractivity contribution in [2.45, 2.75) is 25.1 Å². The van der Waals surface area contributed by atoms with Crippen LogP contribution in [0.5, 0.6) is 0 Å². The van der Waals surface area contributed by atoms with Crippen LogP contribution in [0.25, 0.3) is 0 Å². The van der Waals surface area contributed by atoms with Gasteiger partial charge < -0.3 is 10.5 Å². The molecule has 0 amide bonds. The predicted molar refractivity (Wildman–Crippen MR) is 77.4 cm³/mol. The van der Waals surface area contributed by atoms with E-state index >= 15 is 0 Å². The largest absolute Gasteiger partial charge is 0.465 e. The maximum absolute atomic E-state index is 11.2. The van der Waals surface area contributed by atoms with Crippen LogP contribution in [0.4, 0.5) is 0 Å². The highest BCUT2D eigenvalue weighted by atomic mass is 79.9. The molecule has 0 aliphatic rings. The Hall–Kier alpha value is -0.0400. The average molecular weight is 338 g/mol. The zero-order valence-electron chi connectivity index (χ0n) is 9.65. The molecule has 1 rings (SSSR count). The van der Waals surface area contributed by atoms with Crippen molar-refractivity contribution in [1.82, 2.24) is 0 Å². The van der Waals surface area contributed by atoms with E-state index in [0.29, 0.717) is 13.0 Å². The molecule has 96 valence electrons. The molecule has 1 atom stereocenters. The Morgan fingerprint density at radius 3 is 3.06 bits per heavy atom. The van der Waals surface area contributed by atoms with Gasteiger partial charge in [-0.15, -0.1) is 11.3 Å². The van der Waals surface area contributed by atoms with Crippen LogP contribution in [0.15, 0.2) is 15.9 Å². The number of carbonyl (C=O) groups is 1. The lowest BCUT2D eigenvalue weighted by atomic mass is 10.2. The van der Waals surface area contributed by atoms with Crippen LogP contribution in [0, 0.1) is 0 Å². The molecule has 1 unspecified atom stereocenters. The minimum atomic E-state index is -0.488. The lowest BCUT2D eigenvalue weighted by Crippen LogP contribution is -2.32. The molecule has 1 heterocycles. The minimum Gasteiger partial charge on any atom is -0.465 e. The summed E-state index contributed by atoms with van der Waals surface area (Å²) in [5.41, 5.74) is 5.69. The lowest BCUT2D eigenvalue weighted by molar-refractivity contribution is -0.144. The molecular weight excluding hydrogens is 322 g/mol. The van der Waals surface area contributed by atoms with Crippen LogP contribution in [0.2, 0.25) is 0 Å². The molecule has 2 N–H and O–H groups in total. The average Bonchev–Trinajstić information content (AvgIpc) is 2.70. The van der Waals surface area contributed by atoms with Gasteiger partial charge in [0.1, 0.15) is 6.04 Å². The quantitative estimate of drug-likeness (QED) is 0.613. The summed E-state index contributed by atoms with van der Waals surface area (Å²) in [6, 6.07) is 1.63. The van der Waals surface area contributed by atoms with E-state index in [1.807, 2.05) is 0 Å². The number of carbonyl (C=O) groups excluding carboxylic acids is 1. The normalized spacial score (nSPS) is 12.4. The Balaban J connectivity index is 2.13. The molecule has 0 aliphatic carbocycles. The Morgan fingerprint density at radius 1 is 1.71 bits per heavy atom. The number of thioether (sulfide) groups is 1. The van der Waals surface area contributed by atoms with Gasteiger partial charge in [-0.3, -0.25) is 4.79 Å². The van der Waals surface area contributed by atoms with Gasteiger partial charge in [-0.1, -0.05) is 0 Å². The Labute approximate surface area is 118 Å². The zero-order chi connectivity index (χ0) is 12.7. The van der Waals surface area contributed by atoms with Gasteiger partial charge in [0, 0.05) is 20.5 Å². The summed E-state index contributed by atoms with van der Waals surface area (Å²) in [6.07, 6.45) is 0.663. The van der Waals surface area contributed by atoms with Crippen molar-refractivity contribution in [3.63, 3.8) is 0 Å². The van der Waals surface area contributed by atoms with Gasteiger partial charge >= 0.3 is 5.97 Å². The maximum atomic E-state index is 11.2. The first kappa shape index (κ1) is 15.0. The van der Waals surface area contributed by atoms with Gasteiger partial charge in [-0.05, 0) is 41.1 Å². The number of esters is 1. The monoisotopic (exact) mass is 337 g/mol. The van der Waals surface area contributed by atoms with Gasteiger partial charge in [-0.25, -0.2) is 0 Å². The number of hydrogen-bond acceptors (Lipinski definition) is 5. The summed E-state index contributed by atoms with van der Waals surface area (Å²) in [4.78, 5) is 12.6.